The molecule has 2 rings (SSSR count). The Labute approximate surface area is 120 Å². The van der Waals surface area contributed by atoms with Gasteiger partial charge in [-0.15, -0.1) is 0 Å². The van der Waals surface area contributed by atoms with Gasteiger partial charge in [-0.3, -0.25) is 14.5 Å². The summed E-state index contributed by atoms with van der Waals surface area (Å²) < 4.78 is 0. The highest BCUT2D eigenvalue weighted by Crippen LogP contribution is 2.15. The van der Waals surface area contributed by atoms with Crippen LogP contribution < -0.4 is 10.6 Å². The van der Waals surface area contributed by atoms with E-state index in [9.17, 15) is 9.59 Å². The average Bonchev–Trinajstić information content (AvgIpc) is 2.87. The van der Waals surface area contributed by atoms with Crippen molar-refractivity contribution in [3.8, 4) is 0 Å². The lowest BCUT2D eigenvalue weighted by Gasteiger charge is -2.28. The standard InChI is InChI=1S/C14H26N4O2/c1-2-12(18-8-3-4-13(18)19)14(20)16-7-11-17-9-5-15-6-10-17/h12,15H,2-11H2,1H3,(H,16,20). The van der Waals surface area contributed by atoms with E-state index in [2.05, 4.69) is 15.5 Å². The third-order valence-electron chi connectivity index (χ3n) is 4.11. The van der Waals surface area contributed by atoms with Crippen LogP contribution in [-0.2, 0) is 9.59 Å². The Morgan fingerprint density at radius 3 is 2.70 bits per heavy atom. The molecule has 0 aliphatic carbocycles. The first-order valence-corrected chi connectivity index (χ1v) is 7.72. The Hall–Kier alpha value is -1.14. The maximum atomic E-state index is 12.2. The highest BCUT2D eigenvalue weighted by atomic mass is 16.2. The largest absolute Gasteiger partial charge is 0.353 e. The first-order chi connectivity index (χ1) is 9.72. The van der Waals surface area contributed by atoms with E-state index < -0.39 is 0 Å². The second kappa shape index (κ2) is 7.59. The van der Waals surface area contributed by atoms with E-state index in [-0.39, 0.29) is 17.9 Å². The maximum Gasteiger partial charge on any atom is 0.242 e. The molecule has 2 heterocycles. The molecule has 6 heteroatoms. The zero-order chi connectivity index (χ0) is 14.4. The van der Waals surface area contributed by atoms with Gasteiger partial charge in [0.1, 0.15) is 6.04 Å². The highest BCUT2D eigenvalue weighted by Gasteiger charge is 2.31. The summed E-state index contributed by atoms with van der Waals surface area (Å²) in [6.45, 7) is 8.36. The second-order valence-corrected chi connectivity index (χ2v) is 5.50. The lowest BCUT2D eigenvalue weighted by molar-refractivity contribution is -0.137. The van der Waals surface area contributed by atoms with Crippen LogP contribution in [0.1, 0.15) is 26.2 Å². The molecule has 0 bridgehead atoms. The van der Waals surface area contributed by atoms with Gasteiger partial charge in [0, 0.05) is 52.2 Å². The number of nitrogens with zero attached hydrogens (tertiary/aromatic N) is 2. The minimum absolute atomic E-state index is 0.00196. The van der Waals surface area contributed by atoms with Crippen LogP contribution in [-0.4, -0.2) is 73.5 Å². The molecular weight excluding hydrogens is 256 g/mol. The number of hydrogen-bond acceptors (Lipinski definition) is 4. The number of carbonyl (C=O) groups is 2. The fourth-order valence-corrected chi connectivity index (χ4v) is 2.94. The second-order valence-electron chi connectivity index (χ2n) is 5.50. The Kier molecular flexibility index (Phi) is 5.79. The summed E-state index contributed by atoms with van der Waals surface area (Å²) >= 11 is 0. The number of nitrogens with one attached hydrogen (secondary N) is 2. The fourth-order valence-electron chi connectivity index (χ4n) is 2.94. The van der Waals surface area contributed by atoms with E-state index in [0.717, 1.165) is 45.7 Å². The van der Waals surface area contributed by atoms with Crippen LogP contribution in [0.25, 0.3) is 0 Å². The van der Waals surface area contributed by atoms with Crippen molar-refractivity contribution in [2.24, 2.45) is 0 Å². The Morgan fingerprint density at radius 2 is 2.10 bits per heavy atom. The predicted molar refractivity (Wildman–Crippen MR) is 77.3 cm³/mol. The molecule has 0 aromatic heterocycles. The lowest BCUT2D eigenvalue weighted by Crippen LogP contribution is -2.50. The number of hydrogen-bond donors (Lipinski definition) is 2. The van der Waals surface area contributed by atoms with Crippen molar-refractivity contribution in [3.63, 3.8) is 0 Å². The van der Waals surface area contributed by atoms with Crippen molar-refractivity contribution >= 4 is 11.8 Å². The normalized spacial score (nSPS) is 22.1. The van der Waals surface area contributed by atoms with Crippen molar-refractivity contribution < 1.29 is 9.59 Å². The molecule has 2 amide bonds. The zero-order valence-corrected chi connectivity index (χ0v) is 12.4. The van der Waals surface area contributed by atoms with Crippen LogP contribution in [0.15, 0.2) is 0 Å². The van der Waals surface area contributed by atoms with Crippen LogP contribution in [0.3, 0.4) is 0 Å². The van der Waals surface area contributed by atoms with Crippen LogP contribution in [0, 0.1) is 0 Å². The summed E-state index contributed by atoms with van der Waals surface area (Å²) in [4.78, 5) is 28.0. The molecule has 114 valence electrons. The first kappa shape index (κ1) is 15.3. The van der Waals surface area contributed by atoms with Gasteiger partial charge < -0.3 is 15.5 Å². The quantitative estimate of drug-likeness (QED) is 0.683. The molecule has 2 aliphatic heterocycles. The SMILES string of the molecule is CCC(C(=O)NCCN1CCNCC1)N1CCCC1=O. The van der Waals surface area contributed by atoms with E-state index in [1.54, 1.807) is 4.90 Å². The molecule has 6 nitrogen and oxygen atoms in total. The Balaban J connectivity index is 1.73. The fraction of sp³-hybridized carbons (Fsp3) is 0.857. The van der Waals surface area contributed by atoms with Gasteiger partial charge in [-0.25, -0.2) is 0 Å². The molecule has 0 aromatic rings. The summed E-state index contributed by atoms with van der Waals surface area (Å²) in [7, 11) is 0. The van der Waals surface area contributed by atoms with Crippen molar-refractivity contribution in [1.29, 1.82) is 0 Å². The summed E-state index contributed by atoms with van der Waals surface area (Å²) in [5.74, 6) is 0.118. The van der Waals surface area contributed by atoms with Gasteiger partial charge in [0.05, 0.1) is 0 Å². The first-order valence-electron chi connectivity index (χ1n) is 7.72. The van der Waals surface area contributed by atoms with Crippen molar-refractivity contribution in [1.82, 2.24) is 20.4 Å². The number of piperazine rings is 1. The predicted octanol–water partition coefficient (Wildman–Crippen LogP) is -0.591. The van der Waals surface area contributed by atoms with Gasteiger partial charge in [-0.1, -0.05) is 6.92 Å². The van der Waals surface area contributed by atoms with E-state index in [1.807, 2.05) is 6.92 Å². The van der Waals surface area contributed by atoms with E-state index >= 15 is 0 Å². The van der Waals surface area contributed by atoms with Crippen molar-refractivity contribution in [3.05, 3.63) is 0 Å². The highest BCUT2D eigenvalue weighted by molar-refractivity contribution is 5.88. The lowest BCUT2D eigenvalue weighted by atomic mass is 10.2. The number of amides is 2. The van der Waals surface area contributed by atoms with Gasteiger partial charge in [-0.2, -0.15) is 0 Å². The van der Waals surface area contributed by atoms with Gasteiger partial charge >= 0.3 is 0 Å². The topological polar surface area (TPSA) is 64.7 Å². The summed E-state index contributed by atoms with van der Waals surface area (Å²) in [6, 6.07) is -0.284. The molecule has 1 atom stereocenters. The van der Waals surface area contributed by atoms with E-state index in [4.69, 9.17) is 0 Å². The van der Waals surface area contributed by atoms with Crippen molar-refractivity contribution in [2.45, 2.75) is 32.2 Å². The molecule has 2 saturated heterocycles. The summed E-state index contributed by atoms with van der Waals surface area (Å²) in [5, 5.41) is 6.29. The van der Waals surface area contributed by atoms with Crippen LogP contribution in [0.4, 0.5) is 0 Å². The number of likely N-dealkylation sites (tertiary alicyclic amines) is 1. The molecule has 2 N–H and O–H groups in total. The minimum atomic E-state index is -0.284. The van der Waals surface area contributed by atoms with Gasteiger partial charge in [0.25, 0.3) is 0 Å². The average molecular weight is 282 g/mol. The van der Waals surface area contributed by atoms with Gasteiger partial charge in [0.2, 0.25) is 11.8 Å². The van der Waals surface area contributed by atoms with Gasteiger partial charge in [0.15, 0.2) is 0 Å². The summed E-state index contributed by atoms with van der Waals surface area (Å²) in [5.41, 5.74) is 0. The monoisotopic (exact) mass is 282 g/mol. The van der Waals surface area contributed by atoms with Gasteiger partial charge in [-0.05, 0) is 12.8 Å². The Morgan fingerprint density at radius 1 is 1.35 bits per heavy atom. The van der Waals surface area contributed by atoms with E-state index in [0.29, 0.717) is 19.4 Å². The number of carbonyl (C=O) groups excluding carboxylic acids is 2. The summed E-state index contributed by atoms with van der Waals surface area (Å²) in [6.07, 6.45) is 2.15. The zero-order valence-electron chi connectivity index (χ0n) is 12.4. The minimum Gasteiger partial charge on any atom is -0.353 e. The molecular formula is C14H26N4O2. The molecule has 0 saturated carbocycles. The molecule has 0 aromatic carbocycles. The molecule has 2 fully saturated rings. The maximum absolute atomic E-state index is 12.2. The Bertz CT molecular complexity index is 342. The molecule has 2 aliphatic rings. The van der Waals surface area contributed by atoms with Crippen LogP contribution >= 0.6 is 0 Å². The number of rotatable bonds is 6. The molecule has 0 spiro atoms. The third-order valence-corrected chi connectivity index (χ3v) is 4.11. The molecule has 1 unspecified atom stereocenters. The van der Waals surface area contributed by atoms with Crippen LogP contribution in [0.2, 0.25) is 0 Å². The third kappa shape index (κ3) is 3.93. The molecule has 20 heavy (non-hydrogen) atoms. The van der Waals surface area contributed by atoms with Crippen molar-refractivity contribution in [2.75, 3.05) is 45.8 Å². The molecule has 0 radical (unpaired) electrons. The van der Waals surface area contributed by atoms with Crippen LogP contribution in [0.5, 0.6) is 0 Å². The van der Waals surface area contributed by atoms with E-state index in [1.165, 1.54) is 0 Å². The smallest absolute Gasteiger partial charge is 0.242 e.